The molecular formula is C20H37NO3. The van der Waals surface area contributed by atoms with Gasteiger partial charge in [0.2, 0.25) is 5.91 Å². The van der Waals surface area contributed by atoms with Crippen LogP contribution in [-0.4, -0.2) is 23.5 Å². The van der Waals surface area contributed by atoms with Gasteiger partial charge in [-0.2, -0.15) is 0 Å². The van der Waals surface area contributed by atoms with E-state index in [1.807, 2.05) is 0 Å². The summed E-state index contributed by atoms with van der Waals surface area (Å²) in [5, 5.41) is 12.2. The number of carbonyl (C=O) groups is 2. The van der Waals surface area contributed by atoms with Crippen LogP contribution < -0.4 is 5.32 Å². The van der Waals surface area contributed by atoms with Gasteiger partial charge in [0.25, 0.3) is 0 Å². The zero-order valence-corrected chi connectivity index (χ0v) is 15.5. The molecule has 1 aliphatic carbocycles. The van der Waals surface area contributed by atoms with Crippen LogP contribution in [0, 0.1) is 11.8 Å². The van der Waals surface area contributed by atoms with E-state index in [1.54, 1.807) is 0 Å². The Morgan fingerprint density at radius 3 is 1.88 bits per heavy atom. The standard InChI is InChI=1S/C20H37NO3/c1-2-3-4-5-6-7-8-9-10-13-16-21-19(22)17-14-11-12-15-18(17)20(23)24/h17-18H,2-16H2,1H3,(H,21,22)(H,23,24)/t17-,18+/m1/s1. The summed E-state index contributed by atoms with van der Waals surface area (Å²) in [6, 6.07) is 0. The third kappa shape index (κ3) is 8.70. The highest BCUT2D eigenvalue weighted by Crippen LogP contribution is 2.30. The van der Waals surface area contributed by atoms with Crippen LogP contribution in [0.25, 0.3) is 0 Å². The lowest BCUT2D eigenvalue weighted by Gasteiger charge is -2.27. The molecule has 4 nitrogen and oxygen atoms in total. The van der Waals surface area contributed by atoms with Crippen LogP contribution in [0.3, 0.4) is 0 Å². The van der Waals surface area contributed by atoms with Gasteiger partial charge in [-0.3, -0.25) is 9.59 Å². The van der Waals surface area contributed by atoms with Crippen LogP contribution in [-0.2, 0) is 9.59 Å². The molecule has 24 heavy (non-hydrogen) atoms. The summed E-state index contributed by atoms with van der Waals surface area (Å²) < 4.78 is 0. The fourth-order valence-corrected chi connectivity index (χ4v) is 3.70. The van der Waals surface area contributed by atoms with Crippen molar-refractivity contribution in [2.45, 2.75) is 96.8 Å². The van der Waals surface area contributed by atoms with Crippen molar-refractivity contribution in [2.24, 2.45) is 11.8 Å². The Labute approximate surface area is 147 Å². The molecule has 0 bridgehead atoms. The molecule has 0 unspecified atom stereocenters. The van der Waals surface area contributed by atoms with Gasteiger partial charge in [-0.05, 0) is 19.3 Å². The average Bonchev–Trinajstić information content (AvgIpc) is 2.59. The van der Waals surface area contributed by atoms with E-state index in [-0.39, 0.29) is 11.8 Å². The smallest absolute Gasteiger partial charge is 0.307 e. The van der Waals surface area contributed by atoms with Crippen LogP contribution >= 0.6 is 0 Å². The van der Waals surface area contributed by atoms with Gasteiger partial charge in [0.15, 0.2) is 0 Å². The molecule has 0 saturated heterocycles. The third-order valence-electron chi connectivity index (χ3n) is 5.25. The first-order valence-corrected chi connectivity index (χ1v) is 10.2. The minimum atomic E-state index is -0.811. The van der Waals surface area contributed by atoms with E-state index < -0.39 is 11.9 Å². The highest BCUT2D eigenvalue weighted by atomic mass is 16.4. The first-order valence-electron chi connectivity index (χ1n) is 10.2. The van der Waals surface area contributed by atoms with Crippen LogP contribution in [0.2, 0.25) is 0 Å². The molecule has 1 rings (SSSR count). The number of unbranched alkanes of at least 4 members (excludes halogenated alkanes) is 9. The number of nitrogens with one attached hydrogen (secondary N) is 1. The lowest BCUT2D eigenvalue weighted by Crippen LogP contribution is -2.40. The van der Waals surface area contributed by atoms with Crippen molar-refractivity contribution in [1.82, 2.24) is 5.32 Å². The number of carboxylic acids is 1. The lowest BCUT2D eigenvalue weighted by molar-refractivity contribution is -0.148. The molecule has 1 fully saturated rings. The normalized spacial score (nSPS) is 20.7. The summed E-state index contributed by atoms with van der Waals surface area (Å²) in [6.45, 7) is 2.94. The van der Waals surface area contributed by atoms with E-state index in [4.69, 9.17) is 0 Å². The van der Waals surface area contributed by atoms with Crippen LogP contribution in [0.4, 0.5) is 0 Å². The Bertz CT molecular complexity index is 357. The molecule has 0 radical (unpaired) electrons. The van der Waals surface area contributed by atoms with Crippen molar-refractivity contribution in [1.29, 1.82) is 0 Å². The summed E-state index contributed by atoms with van der Waals surface area (Å²) in [5.41, 5.74) is 0. The first kappa shape index (κ1) is 21.0. The summed E-state index contributed by atoms with van der Waals surface area (Å²) in [5.74, 6) is -1.65. The Morgan fingerprint density at radius 1 is 0.833 bits per heavy atom. The van der Waals surface area contributed by atoms with E-state index in [9.17, 15) is 14.7 Å². The van der Waals surface area contributed by atoms with E-state index in [1.165, 1.54) is 51.4 Å². The third-order valence-corrected chi connectivity index (χ3v) is 5.25. The van der Waals surface area contributed by atoms with Gasteiger partial charge >= 0.3 is 5.97 Å². The Morgan fingerprint density at radius 2 is 1.33 bits per heavy atom. The Kier molecular flexibility index (Phi) is 11.6. The molecule has 4 heteroatoms. The molecule has 1 aliphatic rings. The number of hydrogen-bond acceptors (Lipinski definition) is 2. The van der Waals surface area contributed by atoms with Crippen LogP contribution in [0.5, 0.6) is 0 Å². The van der Waals surface area contributed by atoms with Gasteiger partial charge < -0.3 is 10.4 Å². The monoisotopic (exact) mass is 339 g/mol. The molecule has 2 N–H and O–H groups in total. The quantitative estimate of drug-likeness (QED) is 0.468. The van der Waals surface area contributed by atoms with E-state index in [0.717, 1.165) is 32.1 Å². The lowest BCUT2D eigenvalue weighted by atomic mass is 9.78. The van der Waals surface area contributed by atoms with E-state index >= 15 is 0 Å². The van der Waals surface area contributed by atoms with Gasteiger partial charge in [0.05, 0.1) is 11.8 Å². The van der Waals surface area contributed by atoms with Crippen molar-refractivity contribution in [3.8, 4) is 0 Å². The Balaban J connectivity index is 2.00. The molecule has 0 aliphatic heterocycles. The number of hydrogen-bond donors (Lipinski definition) is 2. The molecule has 0 aromatic heterocycles. The number of aliphatic carboxylic acids is 1. The summed E-state index contributed by atoms with van der Waals surface area (Å²) in [4.78, 5) is 23.4. The predicted molar refractivity (Wildman–Crippen MR) is 97.9 cm³/mol. The van der Waals surface area contributed by atoms with Crippen molar-refractivity contribution in [2.75, 3.05) is 6.54 Å². The fraction of sp³-hybridized carbons (Fsp3) is 0.900. The van der Waals surface area contributed by atoms with Crippen molar-refractivity contribution in [3.63, 3.8) is 0 Å². The maximum Gasteiger partial charge on any atom is 0.307 e. The number of carbonyl (C=O) groups excluding carboxylic acids is 1. The molecule has 2 atom stereocenters. The number of carboxylic acid groups (broad SMARTS) is 1. The largest absolute Gasteiger partial charge is 0.481 e. The maximum absolute atomic E-state index is 12.2. The zero-order chi connectivity index (χ0) is 17.6. The fourth-order valence-electron chi connectivity index (χ4n) is 3.70. The molecule has 0 spiro atoms. The minimum absolute atomic E-state index is 0.0435. The molecule has 0 aromatic carbocycles. The predicted octanol–water partition coefficient (Wildman–Crippen LogP) is 4.91. The topological polar surface area (TPSA) is 66.4 Å². The molecular weight excluding hydrogens is 302 g/mol. The van der Waals surface area contributed by atoms with Gasteiger partial charge in [-0.25, -0.2) is 0 Å². The Hall–Kier alpha value is -1.06. The first-order chi connectivity index (χ1) is 11.7. The second-order valence-electron chi connectivity index (χ2n) is 7.31. The van der Waals surface area contributed by atoms with Gasteiger partial charge in [-0.15, -0.1) is 0 Å². The van der Waals surface area contributed by atoms with Crippen LogP contribution in [0.1, 0.15) is 96.8 Å². The highest BCUT2D eigenvalue weighted by molar-refractivity contribution is 5.84. The summed E-state index contributed by atoms with van der Waals surface area (Å²) in [6.07, 6.45) is 16.1. The van der Waals surface area contributed by atoms with E-state index in [0.29, 0.717) is 13.0 Å². The molecule has 0 heterocycles. The molecule has 1 amide bonds. The van der Waals surface area contributed by atoms with Gasteiger partial charge in [0.1, 0.15) is 0 Å². The molecule has 0 aromatic rings. The summed E-state index contributed by atoms with van der Waals surface area (Å²) in [7, 11) is 0. The number of amides is 1. The van der Waals surface area contributed by atoms with Crippen molar-refractivity contribution < 1.29 is 14.7 Å². The molecule has 140 valence electrons. The van der Waals surface area contributed by atoms with Crippen LogP contribution in [0.15, 0.2) is 0 Å². The SMILES string of the molecule is CCCCCCCCCCCCNC(=O)[C@@H]1CCCC[C@@H]1C(=O)O. The average molecular weight is 340 g/mol. The number of rotatable bonds is 13. The minimum Gasteiger partial charge on any atom is -0.481 e. The summed E-state index contributed by atoms with van der Waals surface area (Å²) >= 11 is 0. The van der Waals surface area contributed by atoms with Gasteiger partial charge in [0, 0.05) is 6.54 Å². The maximum atomic E-state index is 12.2. The second-order valence-corrected chi connectivity index (χ2v) is 7.31. The second kappa shape index (κ2) is 13.3. The molecule has 1 saturated carbocycles. The van der Waals surface area contributed by atoms with Crippen molar-refractivity contribution in [3.05, 3.63) is 0 Å². The van der Waals surface area contributed by atoms with Crippen molar-refractivity contribution >= 4 is 11.9 Å². The zero-order valence-electron chi connectivity index (χ0n) is 15.5. The highest BCUT2D eigenvalue weighted by Gasteiger charge is 2.35. The van der Waals surface area contributed by atoms with Gasteiger partial charge in [-0.1, -0.05) is 77.6 Å². The van der Waals surface area contributed by atoms with E-state index in [2.05, 4.69) is 12.2 Å².